The average Bonchev–Trinajstić information content (AvgIpc) is 2.98. The molecule has 1 saturated carbocycles. The van der Waals surface area contributed by atoms with Crippen LogP contribution in [0, 0.1) is 25.7 Å². The van der Waals surface area contributed by atoms with Crippen LogP contribution in [0.3, 0.4) is 0 Å². The van der Waals surface area contributed by atoms with Crippen molar-refractivity contribution < 1.29 is 4.79 Å². The van der Waals surface area contributed by atoms with E-state index >= 15 is 0 Å². The Morgan fingerprint density at radius 1 is 1.15 bits per heavy atom. The second-order valence-electron chi connectivity index (χ2n) is 8.30. The minimum Gasteiger partial charge on any atom is -0.356 e. The van der Waals surface area contributed by atoms with E-state index in [2.05, 4.69) is 41.0 Å². The van der Waals surface area contributed by atoms with Gasteiger partial charge in [-0.2, -0.15) is 0 Å². The summed E-state index contributed by atoms with van der Waals surface area (Å²) < 4.78 is 0. The van der Waals surface area contributed by atoms with Crippen molar-refractivity contribution in [3.05, 3.63) is 16.8 Å². The van der Waals surface area contributed by atoms with E-state index < -0.39 is 0 Å². The fourth-order valence-electron chi connectivity index (χ4n) is 4.59. The zero-order valence-electron chi connectivity index (χ0n) is 16.6. The smallest absolute Gasteiger partial charge is 0.223 e. The molecule has 2 fully saturated rings. The summed E-state index contributed by atoms with van der Waals surface area (Å²) in [5.41, 5.74) is 1.29. The lowest BCUT2D eigenvalue weighted by molar-refractivity contribution is -0.126. The predicted octanol–water partition coefficient (Wildman–Crippen LogP) is 4.22. The third kappa shape index (κ3) is 3.68. The standard InChI is InChI=1S/C21H30N4OS/c1-13-6-4-5-7-17(13)24-20(26)16-8-10-25(11-9-16)19-18-14(2)15(3)27-21(18)23-12-22-19/h12-13,16-17H,4-11H2,1-3H3,(H,24,26). The van der Waals surface area contributed by atoms with E-state index in [0.29, 0.717) is 12.0 Å². The highest BCUT2D eigenvalue weighted by molar-refractivity contribution is 7.18. The molecule has 1 aliphatic carbocycles. The van der Waals surface area contributed by atoms with Crippen molar-refractivity contribution in [2.75, 3.05) is 18.0 Å². The van der Waals surface area contributed by atoms with Crippen LogP contribution in [0.25, 0.3) is 10.2 Å². The lowest BCUT2D eigenvalue weighted by Crippen LogP contribution is -2.46. The molecule has 0 spiro atoms. The highest BCUT2D eigenvalue weighted by atomic mass is 32.1. The monoisotopic (exact) mass is 386 g/mol. The molecule has 0 radical (unpaired) electrons. The largest absolute Gasteiger partial charge is 0.356 e. The minimum absolute atomic E-state index is 0.137. The van der Waals surface area contributed by atoms with Crippen LogP contribution in [0.2, 0.25) is 0 Å². The molecule has 0 aromatic carbocycles. The zero-order valence-corrected chi connectivity index (χ0v) is 17.4. The topological polar surface area (TPSA) is 58.1 Å². The number of anilines is 1. The van der Waals surface area contributed by atoms with Crippen molar-refractivity contribution in [2.24, 2.45) is 11.8 Å². The van der Waals surface area contributed by atoms with Crippen LogP contribution in [0.4, 0.5) is 5.82 Å². The van der Waals surface area contributed by atoms with Crippen LogP contribution in [0.1, 0.15) is 55.9 Å². The number of amides is 1. The Hall–Kier alpha value is -1.69. The molecular formula is C21H30N4OS. The van der Waals surface area contributed by atoms with Gasteiger partial charge >= 0.3 is 0 Å². The maximum Gasteiger partial charge on any atom is 0.223 e. The highest BCUT2D eigenvalue weighted by Gasteiger charge is 2.30. The second kappa shape index (κ2) is 7.74. The molecule has 1 saturated heterocycles. The molecule has 1 N–H and O–H groups in total. The number of aromatic nitrogens is 2. The van der Waals surface area contributed by atoms with Crippen LogP contribution in [0.5, 0.6) is 0 Å². The van der Waals surface area contributed by atoms with Crippen molar-refractivity contribution in [3.63, 3.8) is 0 Å². The van der Waals surface area contributed by atoms with Crippen molar-refractivity contribution in [2.45, 2.75) is 65.3 Å². The maximum atomic E-state index is 12.8. The first-order chi connectivity index (χ1) is 13.0. The van der Waals surface area contributed by atoms with Crippen LogP contribution in [-0.4, -0.2) is 35.0 Å². The van der Waals surface area contributed by atoms with Crippen molar-refractivity contribution in [3.8, 4) is 0 Å². The fraction of sp³-hybridized carbons (Fsp3) is 0.667. The molecule has 0 bridgehead atoms. The highest BCUT2D eigenvalue weighted by Crippen LogP contribution is 2.35. The van der Waals surface area contributed by atoms with Gasteiger partial charge in [-0.3, -0.25) is 4.79 Å². The molecule has 6 heteroatoms. The predicted molar refractivity (Wildman–Crippen MR) is 111 cm³/mol. The van der Waals surface area contributed by atoms with Gasteiger partial charge in [-0.1, -0.05) is 19.8 Å². The first kappa shape index (κ1) is 18.7. The molecule has 1 amide bonds. The quantitative estimate of drug-likeness (QED) is 0.858. The van der Waals surface area contributed by atoms with E-state index in [1.54, 1.807) is 17.7 Å². The number of nitrogens with zero attached hydrogens (tertiary/aromatic N) is 3. The first-order valence-electron chi connectivity index (χ1n) is 10.3. The third-order valence-corrected chi connectivity index (χ3v) is 7.67. The maximum absolute atomic E-state index is 12.8. The summed E-state index contributed by atoms with van der Waals surface area (Å²) in [7, 11) is 0. The van der Waals surface area contributed by atoms with E-state index in [0.717, 1.165) is 43.0 Å². The summed E-state index contributed by atoms with van der Waals surface area (Å²) in [5, 5.41) is 4.55. The Kier molecular flexibility index (Phi) is 5.35. The summed E-state index contributed by atoms with van der Waals surface area (Å²) in [4.78, 5) is 26.5. The molecule has 3 heterocycles. The fourth-order valence-corrected chi connectivity index (χ4v) is 5.58. The van der Waals surface area contributed by atoms with Crippen LogP contribution < -0.4 is 10.2 Å². The number of hydrogen-bond donors (Lipinski definition) is 1. The van der Waals surface area contributed by atoms with Gasteiger partial charge in [0, 0.05) is 29.9 Å². The second-order valence-corrected chi connectivity index (χ2v) is 9.50. The van der Waals surface area contributed by atoms with Crippen molar-refractivity contribution in [1.29, 1.82) is 0 Å². The number of nitrogens with one attached hydrogen (secondary N) is 1. The number of thiophene rings is 1. The normalized spacial score (nSPS) is 24.3. The molecular weight excluding hydrogens is 356 g/mol. The van der Waals surface area contributed by atoms with Gasteiger partial charge in [0.25, 0.3) is 0 Å². The van der Waals surface area contributed by atoms with Crippen LogP contribution in [-0.2, 0) is 4.79 Å². The Balaban J connectivity index is 1.41. The Bertz CT molecular complexity index is 825. The molecule has 2 aromatic rings. The number of rotatable bonds is 3. The van der Waals surface area contributed by atoms with Crippen molar-refractivity contribution in [1.82, 2.24) is 15.3 Å². The molecule has 2 aromatic heterocycles. The van der Waals surface area contributed by atoms with Gasteiger partial charge in [0.15, 0.2) is 0 Å². The number of hydrogen-bond acceptors (Lipinski definition) is 5. The van der Waals surface area contributed by atoms with E-state index in [-0.39, 0.29) is 11.8 Å². The number of aryl methyl sites for hydroxylation is 2. The van der Waals surface area contributed by atoms with Gasteiger partial charge < -0.3 is 10.2 Å². The lowest BCUT2D eigenvalue weighted by Gasteiger charge is -2.35. The summed E-state index contributed by atoms with van der Waals surface area (Å²) in [5.74, 6) is 2.06. The van der Waals surface area contributed by atoms with E-state index in [9.17, 15) is 4.79 Å². The summed E-state index contributed by atoms with van der Waals surface area (Å²) >= 11 is 1.74. The molecule has 2 unspecified atom stereocenters. The van der Waals surface area contributed by atoms with Crippen molar-refractivity contribution >= 4 is 33.3 Å². The average molecular weight is 387 g/mol. The lowest BCUT2D eigenvalue weighted by atomic mass is 9.85. The molecule has 4 rings (SSSR count). The Labute approximate surface area is 165 Å². The summed E-state index contributed by atoms with van der Waals surface area (Å²) in [6.45, 7) is 8.36. The van der Waals surface area contributed by atoms with Crippen LogP contribution >= 0.6 is 11.3 Å². The molecule has 2 atom stereocenters. The number of piperidine rings is 1. The van der Waals surface area contributed by atoms with Crippen LogP contribution in [0.15, 0.2) is 6.33 Å². The summed E-state index contributed by atoms with van der Waals surface area (Å²) in [6.07, 6.45) is 8.42. The van der Waals surface area contributed by atoms with E-state index in [1.165, 1.54) is 35.1 Å². The molecule has 5 nitrogen and oxygen atoms in total. The SMILES string of the molecule is Cc1sc2ncnc(N3CCC(C(=O)NC4CCCCC4C)CC3)c2c1C. The molecule has 1 aliphatic heterocycles. The Morgan fingerprint density at radius 2 is 1.89 bits per heavy atom. The molecule has 2 aliphatic rings. The first-order valence-corrected chi connectivity index (χ1v) is 11.1. The minimum atomic E-state index is 0.137. The number of fused-ring (bicyclic) bond motifs is 1. The van der Waals surface area contributed by atoms with Gasteiger partial charge in [0.1, 0.15) is 17.0 Å². The Morgan fingerprint density at radius 3 is 2.63 bits per heavy atom. The van der Waals surface area contributed by atoms with E-state index in [1.807, 2.05) is 0 Å². The zero-order chi connectivity index (χ0) is 19.0. The number of carbonyl (C=O) groups excluding carboxylic acids is 1. The molecule has 27 heavy (non-hydrogen) atoms. The molecule has 146 valence electrons. The number of carbonyl (C=O) groups is 1. The van der Waals surface area contributed by atoms with Gasteiger partial charge in [-0.15, -0.1) is 11.3 Å². The van der Waals surface area contributed by atoms with Gasteiger partial charge in [0.2, 0.25) is 5.91 Å². The van der Waals surface area contributed by atoms with E-state index in [4.69, 9.17) is 0 Å². The van der Waals surface area contributed by atoms with Gasteiger partial charge in [-0.25, -0.2) is 9.97 Å². The third-order valence-electron chi connectivity index (χ3n) is 6.55. The van der Waals surface area contributed by atoms with Gasteiger partial charge in [-0.05, 0) is 51.0 Å². The summed E-state index contributed by atoms with van der Waals surface area (Å²) in [6, 6.07) is 0.377. The van der Waals surface area contributed by atoms with Gasteiger partial charge in [0.05, 0.1) is 5.39 Å².